The van der Waals surface area contributed by atoms with E-state index in [2.05, 4.69) is 10.2 Å². The first-order valence-electron chi connectivity index (χ1n) is 3.40. The minimum absolute atomic E-state index is 0.350. The van der Waals surface area contributed by atoms with Crippen LogP contribution in [0.15, 0.2) is 12.3 Å². The Hall–Kier alpha value is -0.720. The number of carbonyl (C=O) groups excluding carboxylic acids is 1. The standard InChI is InChI=1S/C7H7IN2O2/c1-2-12-7(11)5-3-4-9-10-6(5)8/h3-4H,2H2,1H3. The van der Waals surface area contributed by atoms with E-state index in [4.69, 9.17) is 4.74 Å². The van der Waals surface area contributed by atoms with Crippen molar-refractivity contribution in [2.45, 2.75) is 6.92 Å². The van der Waals surface area contributed by atoms with Crippen molar-refractivity contribution < 1.29 is 9.53 Å². The lowest BCUT2D eigenvalue weighted by molar-refractivity contribution is 0.0524. The van der Waals surface area contributed by atoms with Crippen molar-refractivity contribution in [1.82, 2.24) is 10.2 Å². The molecule has 0 saturated carbocycles. The van der Waals surface area contributed by atoms with E-state index in [0.29, 0.717) is 15.9 Å². The van der Waals surface area contributed by atoms with Crippen molar-refractivity contribution in [3.63, 3.8) is 0 Å². The van der Waals surface area contributed by atoms with Crippen molar-refractivity contribution in [3.05, 3.63) is 21.5 Å². The van der Waals surface area contributed by atoms with Crippen LogP contribution in [0.3, 0.4) is 0 Å². The van der Waals surface area contributed by atoms with Gasteiger partial charge in [-0.05, 0) is 35.6 Å². The molecule has 1 heterocycles. The van der Waals surface area contributed by atoms with Crippen molar-refractivity contribution >= 4 is 28.6 Å². The molecule has 1 aromatic heterocycles. The number of aromatic nitrogens is 2. The Bertz CT molecular complexity index is 290. The van der Waals surface area contributed by atoms with Gasteiger partial charge in [0.2, 0.25) is 0 Å². The van der Waals surface area contributed by atoms with Gasteiger partial charge in [0.05, 0.1) is 18.4 Å². The van der Waals surface area contributed by atoms with Gasteiger partial charge in [0.25, 0.3) is 0 Å². The fraction of sp³-hybridized carbons (Fsp3) is 0.286. The normalized spacial score (nSPS) is 9.50. The number of hydrogen-bond donors (Lipinski definition) is 0. The SMILES string of the molecule is CCOC(=O)c1ccnnc1I. The molecule has 0 radical (unpaired) electrons. The molecule has 0 saturated heterocycles. The fourth-order valence-corrected chi connectivity index (χ4v) is 1.20. The van der Waals surface area contributed by atoms with E-state index >= 15 is 0 Å². The van der Waals surface area contributed by atoms with E-state index in [1.807, 2.05) is 22.6 Å². The minimum atomic E-state index is -0.350. The molecular formula is C7H7IN2O2. The van der Waals surface area contributed by atoms with Gasteiger partial charge in [0.15, 0.2) is 0 Å². The number of nitrogens with zero attached hydrogens (tertiary/aromatic N) is 2. The summed E-state index contributed by atoms with van der Waals surface area (Å²) in [7, 11) is 0. The summed E-state index contributed by atoms with van der Waals surface area (Å²) >= 11 is 1.94. The van der Waals surface area contributed by atoms with E-state index in [0.717, 1.165) is 0 Å². The zero-order valence-electron chi connectivity index (χ0n) is 6.45. The molecule has 0 aliphatic rings. The van der Waals surface area contributed by atoms with Crippen molar-refractivity contribution in [3.8, 4) is 0 Å². The maximum absolute atomic E-state index is 11.2. The Morgan fingerprint density at radius 1 is 1.75 bits per heavy atom. The molecule has 0 aliphatic carbocycles. The molecule has 0 spiro atoms. The van der Waals surface area contributed by atoms with Crippen molar-refractivity contribution in [2.75, 3.05) is 6.61 Å². The minimum Gasteiger partial charge on any atom is -0.462 e. The molecule has 0 atom stereocenters. The van der Waals surface area contributed by atoms with E-state index in [1.54, 1.807) is 13.0 Å². The highest BCUT2D eigenvalue weighted by molar-refractivity contribution is 14.1. The first-order valence-corrected chi connectivity index (χ1v) is 4.48. The second-order valence-electron chi connectivity index (χ2n) is 1.96. The predicted molar refractivity (Wildman–Crippen MR) is 50.7 cm³/mol. The molecule has 12 heavy (non-hydrogen) atoms. The molecular weight excluding hydrogens is 271 g/mol. The van der Waals surface area contributed by atoms with Crippen LogP contribution in [-0.4, -0.2) is 22.8 Å². The van der Waals surface area contributed by atoms with Crippen LogP contribution in [0.1, 0.15) is 17.3 Å². The van der Waals surface area contributed by atoms with Crippen LogP contribution in [0.25, 0.3) is 0 Å². The fourth-order valence-electron chi connectivity index (χ4n) is 0.676. The Morgan fingerprint density at radius 2 is 2.50 bits per heavy atom. The van der Waals surface area contributed by atoms with Crippen LogP contribution in [0.5, 0.6) is 0 Å². The number of hydrogen-bond acceptors (Lipinski definition) is 4. The Labute approximate surface area is 83.5 Å². The topological polar surface area (TPSA) is 52.1 Å². The Kier molecular flexibility index (Phi) is 3.39. The molecule has 0 aliphatic heterocycles. The van der Waals surface area contributed by atoms with Gasteiger partial charge in [0.1, 0.15) is 3.70 Å². The van der Waals surface area contributed by atoms with Crippen LogP contribution < -0.4 is 0 Å². The summed E-state index contributed by atoms with van der Waals surface area (Å²) in [6.45, 7) is 2.14. The third-order valence-corrected chi connectivity index (χ3v) is 1.97. The summed E-state index contributed by atoms with van der Waals surface area (Å²) in [4.78, 5) is 11.2. The lowest BCUT2D eigenvalue weighted by Gasteiger charge is -2.01. The van der Waals surface area contributed by atoms with Crippen LogP contribution >= 0.6 is 22.6 Å². The van der Waals surface area contributed by atoms with E-state index in [9.17, 15) is 4.79 Å². The van der Waals surface area contributed by atoms with E-state index < -0.39 is 0 Å². The highest BCUT2D eigenvalue weighted by Gasteiger charge is 2.10. The second-order valence-corrected chi connectivity index (χ2v) is 2.98. The molecule has 0 amide bonds. The van der Waals surface area contributed by atoms with Gasteiger partial charge in [-0.2, -0.15) is 5.10 Å². The maximum atomic E-state index is 11.2. The summed E-state index contributed by atoms with van der Waals surface area (Å²) in [6.07, 6.45) is 1.47. The number of rotatable bonds is 2. The average Bonchev–Trinajstić information content (AvgIpc) is 2.05. The van der Waals surface area contributed by atoms with Crippen LogP contribution in [0, 0.1) is 3.70 Å². The van der Waals surface area contributed by atoms with Gasteiger partial charge in [-0.3, -0.25) is 0 Å². The average molecular weight is 278 g/mol. The smallest absolute Gasteiger partial charge is 0.340 e. The number of carbonyl (C=O) groups is 1. The van der Waals surface area contributed by atoms with Crippen molar-refractivity contribution in [1.29, 1.82) is 0 Å². The quantitative estimate of drug-likeness (QED) is 0.603. The van der Waals surface area contributed by atoms with E-state index in [-0.39, 0.29) is 5.97 Å². The molecule has 64 valence electrons. The second kappa shape index (κ2) is 4.34. The summed E-state index contributed by atoms with van der Waals surface area (Å²) in [6, 6.07) is 1.59. The first kappa shape index (κ1) is 9.37. The molecule has 4 nitrogen and oxygen atoms in total. The first-order chi connectivity index (χ1) is 5.75. The van der Waals surface area contributed by atoms with Crippen LogP contribution in [0.2, 0.25) is 0 Å². The van der Waals surface area contributed by atoms with Crippen molar-refractivity contribution in [2.24, 2.45) is 0 Å². The monoisotopic (exact) mass is 278 g/mol. The van der Waals surface area contributed by atoms with Crippen LogP contribution in [-0.2, 0) is 4.74 Å². The van der Waals surface area contributed by atoms with Gasteiger partial charge in [0, 0.05) is 0 Å². The molecule has 1 aromatic rings. The van der Waals surface area contributed by atoms with Gasteiger partial charge < -0.3 is 4.74 Å². The third kappa shape index (κ3) is 2.13. The number of ether oxygens (including phenoxy) is 1. The predicted octanol–water partition coefficient (Wildman–Crippen LogP) is 1.26. The molecule has 0 aromatic carbocycles. The molecule has 5 heteroatoms. The zero-order valence-corrected chi connectivity index (χ0v) is 8.61. The summed E-state index contributed by atoms with van der Waals surface area (Å²) < 4.78 is 5.36. The zero-order chi connectivity index (χ0) is 8.97. The summed E-state index contributed by atoms with van der Waals surface area (Å²) in [5, 5.41) is 7.34. The highest BCUT2D eigenvalue weighted by atomic mass is 127. The molecule has 0 unspecified atom stereocenters. The van der Waals surface area contributed by atoms with Gasteiger partial charge in [-0.25, -0.2) is 4.79 Å². The maximum Gasteiger partial charge on any atom is 0.340 e. The van der Waals surface area contributed by atoms with E-state index in [1.165, 1.54) is 6.20 Å². The lowest BCUT2D eigenvalue weighted by atomic mass is 10.3. The number of esters is 1. The largest absolute Gasteiger partial charge is 0.462 e. The van der Waals surface area contributed by atoms with Gasteiger partial charge in [-0.1, -0.05) is 0 Å². The molecule has 0 fully saturated rings. The Morgan fingerprint density at radius 3 is 3.08 bits per heavy atom. The highest BCUT2D eigenvalue weighted by Crippen LogP contribution is 2.07. The Balaban J connectivity index is 2.87. The lowest BCUT2D eigenvalue weighted by Crippen LogP contribution is -2.08. The van der Waals surface area contributed by atoms with Gasteiger partial charge >= 0.3 is 5.97 Å². The third-order valence-electron chi connectivity index (χ3n) is 1.17. The van der Waals surface area contributed by atoms with Crippen LogP contribution in [0.4, 0.5) is 0 Å². The molecule has 1 rings (SSSR count). The number of halogens is 1. The summed E-state index contributed by atoms with van der Waals surface area (Å²) in [5.74, 6) is -0.350. The summed E-state index contributed by atoms with van der Waals surface area (Å²) in [5.41, 5.74) is 0.465. The molecule has 0 N–H and O–H groups in total. The van der Waals surface area contributed by atoms with Gasteiger partial charge in [-0.15, -0.1) is 5.10 Å². The molecule has 0 bridgehead atoms.